The predicted octanol–water partition coefficient (Wildman–Crippen LogP) is 5.20. The number of nitrogens with zero attached hydrogens (tertiary/aromatic N) is 3. The summed E-state index contributed by atoms with van der Waals surface area (Å²) < 4.78 is 11.6. The summed E-state index contributed by atoms with van der Waals surface area (Å²) in [6.07, 6.45) is 4.72. The molecule has 0 N–H and O–H groups in total. The maximum atomic E-state index is 11.8. The lowest BCUT2D eigenvalue weighted by molar-refractivity contribution is -0.387. The van der Waals surface area contributed by atoms with Gasteiger partial charge in [0.25, 0.3) is 5.88 Å². The summed E-state index contributed by atoms with van der Waals surface area (Å²) in [5, 5.41) is 11.8. The zero-order valence-corrected chi connectivity index (χ0v) is 16.4. The fourth-order valence-corrected chi connectivity index (χ4v) is 3.00. The van der Waals surface area contributed by atoms with Gasteiger partial charge in [0.15, 0.2) is 0 Å². The van der Waals surface area contributed by atoms with Gasteiger partial charge in [-0.1, -0.05) is 24.3 Å². The Morgan fingerprint density at radius 1 is 1.17 bits per heavy atom. The predicted molar refractivity (Wildman–Crippen MR) is 109 cm³/mol. The van der Waals surface area contributed by atoms with Crippen LogP contribution in [-0.2, 0) is 11.2 Å². The normalized spacial score (nSPS) is 11.8. The smallest absolute Gasteiger partial charge is 0.337 e. The molecule has 0 saturated carbocycles. The molecule has 150 valence electrons. The quantitative estimate of drug-likeness (QED) is 0.282. The van der Waals surface area contributed by atoms with Crippen LogP contribution in [0.15, 0.2) is 60.9 Å². The number of nitro groups is 1. The minimum absolute atomic E-state index is 0.0259. The van der Waals surface area contributed by atoms with E-state index >= 15 is 0 Å². The largest absolute Gasteiger partial charge is 0.434 e. The van der Waals surface area contributed by atoms with Crippen LogP contribution in [0.25, 0.3) is 0 Å². The van der Waals surface area contributed by atoms with E-state index in [4.69, 9.17) is 9.47 Å². The van der Waals surface area contributed by atoms with Gasteiger partial charge in [0.1, 0.15) is 5.75 Å². The average molecular weight is 393 g/mol. The monoisotopic (exact) mass is 393 g/mol. The van der Waals surface area contributed by atoms with Gasteiger partial charge in [-0.25, -0.2) is 4.98 Å². The van der Waals surface area contributed by atoms with Crippen molar-refractivity contribution in [1.82, 2.24) is 9.97 Å². The van der Waals surface area contributed by atoms with Crippen molar-refractivity contribution in [2.24, 2.45) is 0 Å². The highest BCUT2D eigenvalue weighted by Gasteiger charge is 2.28. The first-order valence-electron chi connectivity index (χ1n) is 9.44. The van der Waals surface area contributed by atoms with Crippen molar-refractivity contribution in [1.29, 1.82) is 0 Å². The van der Waals surface area contributed by atoms with E-state index in [9.17, 15) is 10.1 Å². The first kappa shape index (κ1) is 20.4. The Balaban J connectivity index is 1.73. The number of rotatable bonds is 9. The van der Waals surface area contributed by atoms with E-state index in [0.717, 1.165) is 18.4 Å². The van der Waals surface area contributed by atoms with Crippen LogP contribution < -0.4 is 4.74 Å². The first-order chi connectivity index (χ1) is 14.0. The number of aromatic nitrogens is 2. The molecule has 0 saturated heterocycles. The fourth-order valence-electron chi connectivity index (χ4n) is 3.00. The molecule has 2 aromatic heterocycles. The molecular weight excluding hydrogens is 370 g/mol. The number of benzene rings is 1. The summed E-state index contributed by atoms with van der Waals surface area (Å²) in [5.74, 6) is 0.465. The molecule has 0 amide bonds. The molecule has 7 nitrogen and oxygen atoms in total. The highest BCUT2D eigenvalue weighted by Crippen LogP contribution is 2.37. The topological polar surface area (TPSA) is 87.4 Å². The summed E-state index contributed by atoms with van der Waals surface area (Å²) in [6, 6.07) is 14.5. The van der Waals surface area contributed by atoms with Crippen LogP contribution in [0.4, 0.5) is 5.69 Å². The minimum atomic E-state index is -0.468. The minimum Gasteiger partial charge on any atom is -0.434 e. The van der Waals surface area contributed by atoms with Crippen molar-refractivity contribution in [3.63, 3.8) is 0 Å². The van der Waals surface area contributed by atoms with Gasteiger partial charge < -0.3 is 9.47 Å². The van der Waals surface area contributed by atoms with Crippen LogP contribution in [0.1, 0.15) is 36.3 Å². The molecule has 0 fully saturated rings. The molecular formula is C22H23N3O4. The van der Waals surface area contributed by atoms with Crippen molar-refractivity contribution in [3.05, 3.63) is 87.9 Å². The number of hydrogen-bond acceptors (Lipinski definition) is 6. The molecule has 7 heteroatoms. The lowest BCUT2D eigenvalue weighted by Crippen LogP contribution is -2.08. The summed E-state index contributed by atoms with van der Waals surface area (Å²) in [4.78, 5) is 19.7. The van der Waals surface area contributed by atoms with Gasteiger partial charge in [0.05, 0.1) is 16.6 Å². The summed E-state index contributed by atoms with van der Waals surface area (Å²) in [7, 11) is 0. The third kappa shape index (κ3) is 5.58. The molecule has 1 aromatic carbocycles. The lowest BCUT2D eigenvalue weighted by atomic mass is 10.1. The number of aryl methyl sites for hydroxylation is 2. The molecule has 3 rings (SSSR count). The molecule has 1 atom stereocenters. The van der Waals surface area contributed by atoms with E-state index in [2.05, 4.69) is 9.97 Å². The highest BCUT2D eigenvalue weighted by atomic mass is 16.6. The maximum absolute atomic E-state index is 11.8. The van der Waals surface area contributed by atoms with E-state index in [0.29, 0.717) is 23.6 Å². The van der Waals surface area contributed by atoms with Gasteiger partial charge in [0, 0.05) is 24.7 Å². The Bertz CT molecular complexity index is 949. The highest BCUT2D eigenvalue weighted by molar-refractivity contribution is 5.52. The Hall–Kier alpha value is -3.32. The Morgan fingerprint density at radius 2 is 1.97 bits per heavy atom. The van der Waals surface area contributed by atoms with E-state index in [-0.39, 0.29) is 11.6 Å². The summed E-state index contributed by atoms with van der Waals surface area (Å²) in [6.45, 7) is 4.06. The number of hydrogen-bond donors (Lipinski definition) is 0. The van der Waals surface area contributed by atoms with Crippen molar-refractivity contribution in [2.45, 2.75) is 32.8 Å². The maximum Gasteiger partial charge on any atom is 0.337 e. The molecule has 0 spiro atoms. The van der Waals surface area contributed by atoms with Gasteiger partial charge in [-0.3, -0.25) is 15.1 Å². The van der Waals surface area contributed by atoms with E-state index in [1.807, 2.05) is 24.4 Å². The summed E-state index contributed by atoms with van der Waals surface area (Å²) in [5.41, 5.74) is 2.05. The molecule has 1 unspecified atom stereocenters. The number of pyridine rings is 2. The number of para-hydroxylation sites is 1. The molecule has 2 heterocycles. The molecule has 0 radical (unpaired) electrons. The second-order valence-corrected chi connectivity index (χ2v) is 6.66. The van der Waals surface area contributed by atoms with Gasteiger partial charge >= 0.3 is 5.69 Å². The summed E-state index contributed by atoms with van der Waals surface area (Å²) >= 11 is 0. The Labute approximate surface area is 169 Å². The van der Waals surface area contributed by atoms with Gasteiger partial charge in [-0.15, -0.1) is 0 Å². The van der Waals surface area contributed by atoms with Gasteiger partial charge in [-0.05, 0) is 56.5 Å². The van der Waals surface area contributed by atoms with E-state index < -0.39 is 11.0 Å². The van der Waals surface area contributed by atoms with Crippen LogP contribution in [0.5, 0.6) is 11.6 Å². The van der Waals surface area contributed by atoms with Gasteiger partial charge in [-0.2, -0.15) is 0 Å². The lowest BCUT2D eigenvalue weighted by Gasteiger charge is -2.16. The Kier molecular flexibility index (Phi) is 6.86. The zero-order chi connectivity index (χ0) is 20.6. The van der Waals surface area contributed by atoms with Crippen LogP contribution in [0.3, 0.4) is 0 Å². The standard InChI is InChI=1S/C22H23N3O4/c1-16-14-20(17(2)28-13-7-9-18-8-6-12-23-15-18)21(25(26)27)22(24-16)29-19-10-4-3-5-11-19/h3-6,8,10-12,14-15,17H,7,9,13H2,1-2H3. The van der Waals surface area contributed by atoms with E-state index in [1.165, 1.54) is 0 Å². The van der Waals surface area contributed by atoms with Crippen LogP contribution in [0, 0.1) is 17.0 Å². The molecule has 0 aliphatic rings. The van der Waals surface area contributed by atoms with Crippen LogP contribution in [0.2, 0.25) is 0 Å². The second-order valence-electron chi connectivity index (χ2n) is 6.66. The van der Waals surface area contributed by atoms with Crippen molar-refractivity contribution in [2.75, 3.05) is 6.61 Å². The third-order valence-corrected chi connectivity index (χ3v) is 4.40. The first-order valence-corrected chi connectivity index (χ1v) is 9.44. The second kappa shape index (κ2) is 9.75. The van der Waals surface area contributed by atoms with Crippen molar-refractivity contribution >= 4 is 5.69 Å². The Morgan fingerprint density at radius 3 is 2.66 bits per heavy atom. The molecule has 29 heavy (non-hydrogen) atoms. The molecule has 0 aliphatic carbocycles. The molecule has 0 bridgehead atoms. The third-order valence-electron chi connectivity index (χ3n) is 4.40. The average Bonchev–Trinajstić information content (AvgIpc) is 2.72. The van der Waals surface area contributed by atoms with Crippen molar-refractivity contribution in [3.8, 4) is 11.6 Å². The van der Waals surface area contributed by atoms with Crippen LogP contribution in [-0.4, -0.2) is 21.5 Å². The van der Waals surface area contributed by atoms with Crippen LogP contribution >= 0.6 is 0 Å². The fraction of sp³-hybridized carbons (Fsp3) is 0.273. The number of ether oxygens (including phenoxy) is 2. The zero-order valence-electron chi connectivity index (χ0n) is 16.4. The van der Waals surface area contributed by atoms with E-state index in [1.54, 1.807) is 50.4 Å². The molecule has 3 aromatic rings. The van der Waals surface area contributed by atoms with Gasteiger partial charge in [0.2, 0.25) is 0 Å². The molecule has 0 aliphatic heterocycles. The SMILES string of the molecule is Cc1cc(C(C)OCCCc2cccnc2)c([N+](=O)[O-])c(Oc2ccccc2)n1. The van der Waals surface area contributed by atoms with Crippen molar-refractivity contribution < 1.29 is 14.4 Å².